The Hall–Kier alpha value is -0.970. The first-order chi connectivity index (χ1) is 9.78. The third kappa shape index (κ3) is 5.19. The van der Waals surface area contributed by atoms with E-state index in [4.69, 9.17) is 10.5 Å². The molecule has 2 rings (SSSR count). The monoisotopic (exact) mass is 351 g/mol. The summed E-state index contributed by atoms with van der Waals surface area (Å²) in [5.74, 6) is 1.96. The zero-order valence-corrected chi connectivity index (χ0v) is 13.6. The van der Waals surface area contributed by atoms with Crippen molar-refractivity contribution >= 4 is 27.7 Å². The molecule has 0 aliphatic rings. The lowest BCUT2D eigenvalue weighted by Crippen LogP contribution is -2.00. The van der Waals surface area contributed by atoms with Crippen molar-refractivity contribution in [2.75, 3.05) is 12.4 Å². The Bertz CT molecular complexity index is 530. The van der Waals surface area contributed by atoms with Crippen LogP contribution >= 0.6 is 27.7 Å². The molecular weight excluding hydrogens is 334 g/mol. The van der Waals surface area contributed by atoms with Crippen LogP contribution in [0.1, 0.15) is 12.0 Å². The van der Waals surface area contributed by atoms with E-state index in [1.807, 2.05) is 36.0 Å². The fourth-order valence-electron chi connectivity index (χ4n) is 1.73. The van der Waals surface area contributed by atoms with Crippen molar-refractivity contribution in [3.8, 4) is 5.75 Å². The Morgan fingerprint density at radius 2 is 1.90 bits per heavy atom. The van der Waals surface area contributed by atoms with Gasteiger partial charge in [0.25, 0.3) is 0 Å². The second-order valence-electron chi connectivity index (χ2n) is 4.36. The molecule has 0 heterocycles. The zero-order chi connectivity index (χ0) is 14.2. The normalized spacial score (nSPS) is 10.5. The van der Waals surface area contributed by atoms with Gasteiger partial charge in [0.15, 0.2) is 0 Å². The molecule has 0 fully saturated rings. The molecule has 0 atom stereocenters. The Labute approximate surface area is 132 Å². The lowest BCUT2D eigenvalue weighted by atomic mass is 10.2. The van der Waals surface area contributed by atoms with Crippen LogP contribution in [0.25, 0.3) is 0 Å². The largest absolute Gasteiger partial charge is 0.494 e. The van der Waals surface area contributed by atoms with Crippen molar-refractivity contribution in [3.63, 3.8) is 0 Å². The van der Waals surface area contributed by atoms with E-state index in [9.17, 15) is 0 Å². The van der Waals surface area contributed by atoms with E-state index in [1.165, 1.54) is 4.90 Å². The molecule has 0 saturated carbocycles. The molecule has 0 saturated heterocycles. The summed E-state index contributed by atoms with van der Waals surface area (Å²) in [6.07, 6.45) is 1.02. The van der Waals surface area contributed by atoms with Gasteiger partial charge in [-0.15, -0.1) is 11.8 Å². The van der Waals surface area contributed by atoms with Crippen LogP contribution in [-0.2, 0) is 6.54 Å². The van der Waals surface area contributed by atoms with Crippen LogP contribution in [0.3, 0.4) is 0 Å². The number of hydrogen-bond acceptors (Lipinski definition) is 3. The van der Waals surface area contributed by atoms with Crippen molar-refractivity contribution < 1.29 is 4.74 Å². The van der Waals surface area contributed by atoms with Crippen molar-refractivity contribution in [1.29, 1.82) is 0 Å². The molecule has 0 aromatic heterocycles. The molecule has 106 valence electrons. The molecule has 4 heteroatoms. The van der Waals surface area contributed by atoms with Gasteiger partial charge in [-0.05, 0) is 48.4 Å². The minimum absolute atomic E-state index is 0.552. The molecule has 0 bridgehead atoms. The van der Waals surface area contributed by atoms with Crippen molar-refractivity contribution in [1.82, 2.24) is 0 Å². The number of thioether (sulfide) groups is 1. The van der Waals surface area contributed by atoms with E-state index in [0.717, 1.165) is 34.6 Å². The summed E-state index contributed by atoms with van der Waals surface area (Å²) < 4.78 is 6.84. The summed E-state index contributed by atoms with van der Waals surface area (Å²) in [5, 5.41) is 0. The van der Waals surface area contributed by atoms with Gasteiger partial charge in [-0.2, -0.15) is 0 Å². The Kier molecular flexibility index (Phi) is 6.43. The molecule has 0 amide bonds. The van der Waals surface area contributed by atoms with Crippen LogP contribution in [-0.4, -0.2) is 12.4 Å². The third-order valence-corrected chi connectivity index (χ3v) is 4.40. The highest BCUT2D eigenvalue weighted by Crippen LogP contribution is 2.21. The molecule has 0 spiro atoms. The second kappa shape index (κ2) is 8.35. The Morgan fingerprint density at radius 1 is 1.10 bits per heavy atom. The van der Waals surface area contributed by atoms with E-state index < -0.39 is 0 Å². The first-order valence-electron chi connectivity index (χ1n) is 6.58. The molecule has 2 nitrogen and oxygen atoms in total. The highest BCUT2D eigenvalue weighted by molar-refractivity contribution is 9.10. The van der Waals surface area contributed by atoms with Crippen LogP contribution in [0.4, 0.5) is 0 Å². The average molecular weight is 352 g/mol. The van der Waals surface area contributed by atoms with Crippen LogP contribution in [0, 0.1) is 0 Å². The predicted molar refractivity (Wildman–Crippen MR) is 89.3 cm³/mol. The van der Waals surface area contributed by atoms with Gasteiger partial charge in [-0.3, -0.25) is 0 Å². The summed E-state index contributed by atoms with van der Waals surface area (Å²) in [5.41, 5.74) is 6.71. The molecule has 0 aliphatic carbocycles. The standard InChI is InChI=1S/C16H18BrNOS/c17-14-5-7-16(8-6-14)20-10-2-9-19-15-4-1-3-13(11-15)12-18/h1,3-8,11H,2,9-10,12,18H2. The predicted octanol–water partition coefficient (Wildman–Crippen LogP) is 4.47. The van der Waals surface area contributed by atoms with Gasteiger partial charge in [0.2, 0.25) is 0 Å². The number of hydrogen-bond donors (Lipinski definition) is 1. The van der Waals surface area contributed by atoms with Gasteiger partial charge in [0.1, 0.15) is 5.75 Å². The fraction of sp³-hybridized carbons (Fsp3) is 0.250. The van der Waals surface area contributed by atoms with Gasteiger partial charge in [-0.25, -0.2) is 0 Å². The van der Waals surface area contributed by atoms with Gasteiger partial charge < -0.3 is 10.5 Å². The minimum atomic E-state index is 0.552. The summed E-state index contributed by atoms with van der Waals surface area (Å²) in [4.78, 5) is 1.29. The minimum Gasteiger partial charge on any atom is -0.494 e. The lowest BCUT2D eigenvalue weighted by Gasteiger charge is -2.07. The van der Waals surface area contributed by atoms with Crippen LogP contribution in [0.5, 0.6) is 5.75 Å². The smallest absolute Gasteiger partial charge is 0.119 e. The van der Waals surface area contributed by atoms with E-state index in [-0.39, 0.29) is 0 Å². The molecule has 0 radical (unpaired) electrons. The number of ether oxygens (including phenoxy) is 1. The molecule has 2 N–H and O–H groups in total. The maximum atomic E-state index is 5.73. The van der Waals surface area contributed by atoms with Crippen molar-refractivity contribution in [3.05, 3.63) is 58.6 Å². The van der Waals surface area contributed by atoms with Gasteiger partial charge >= 0.3 is 0 Å². The Morgan fingerprint density at radius 3 is 2.65 bits per heavy atom. The SMILES string of the molecule is NCc1cccc(OCCCSc2ccc(Br)cc2)c1. The number of halogens is 1. The molecular formula is C16H18BrNOS. The Balaban J connectivity index is 1.67. The first-order valence-corrected chi connectivity index (χ1v) is 8.36. The van der Waals surface area contributed by atoms with E-state index in [0.29, 0.717) is 6.54 Å². The first kappa shape index (κ1) is 15.4. The van der Waals surface area contributed by atoms with Crippen molar-refractivity contribution in [2.24, 2.45) is 5.73 Å². The van der Waals surface area contributed by atoms with Gasteiger partial charge in [0, 0.05) is 21.7 Å². The summed E-state index contributed by atoms with van der Waals surface area (Å²) in [6, 6.07) is 16.3. The fourth-order valence-corrected chi connectivity index (χ4v) is 2.82. The number of benzene rings is 2. The molecule has 0 unspecified atom stereocenters. The number of rotatable bonds is 7. The van der Waals surface area contributed by atoms with E-state index in [2.05, 4.69) is 40.2 Å². The molecule has 2 aromatic carbocycles. The van der Waals surface area contributed by atoms with Crippen LogP contribution in [0.15, 0.2) is 57.9 Å². The van der Waals surface area contributed by atoms with Crippen molar-refractivity contribution in [2.45, 2.75) is 17.9 Å². The third-order valence-electron chi connectivity index (χ3n) is 2.77. The quantitative estimate of drug-likeness (QED) is 0.590. The second-order valence-corrected chi connectivity index (χ2v) is 6.44. The maximum absolute atomic E-state index is 5.73. The number of nitrogens with two attached hydrogens (primary N) is 1. The van der Waals surface area contributed by atoms with Gasteiger partial charge in [0.05, 0.1) is 6.61 Å². The van der Waals surface area contributed by atoms with Crippen LogP contribution in [0.2, 0.25) is 0 Å². The average Bonchev–Trinajstić information content (AvgIpc) is 2.49. The summed E-state index contributed by atoms with van der Waals surface area (Å²) in [6.45, 7) is 1.29. The molecule has 2 aromatic rings. The summed E-state index contributed by atoms with van der Waals surface area (Å²) >= 11 is 5.29. The van der Waals surface area contributed by atoms with E-state index >= 15 is 0 Å². The van der Waals surface area contributed by atoms with Gasteiger partial charge in [-0.1, -0.05) is 28.1 Å². The molecule has 0 aliphatic heterocycles. The maximum Gasteiger partial charge on any atom is 0.119 e. The lowest BCUT2D eigenvalue weighted by molar-refractivity contribution is 0.318. The van der Waals surface area contributed by atoms with E-state index in [1.54, 1.807) is 0 Å². The van der Waals surface area contributed by atoms with Crippen LogP contribution < -0.4 is 10.5 Å². The summed E-state index contributed by atoms with van der Waals surface area (Å²) in [7, 11) is 0. The highest BCUT2D eigenvalue weighted by Gasteiger charge is 1.97. The topological polar surface area (TPSA) is 35.2 Å². The zero-order valence-electron chi connectivity index (χ0n) is 11.2. The highest BCUT2D eigenvalue weighted by atomic mass is 79.9. The molecule has 20 heavy (non-hydrogen) atoms.